The van der Waals surface area contributed by atoms with Gasteiger partial charge in [-0.25, -0.2) is 0 Å². The van der Waals surface area contributed by atoms with Crippen molar-refractivity contribution in [1.29, 1.82) is 5.26 Å². The Morgan fingerprint density at radius 2 is 2.30 bits per heavy atom. The van der Waals surface area contributed by atoms with Gasteiger partial charge in [0.15, 0.2) is 0 Å². The van der Waals surface area contributed by atoms with Gasteiger partial charge in [0.25, 0.3) is 0 Å². The molecule has 1 aromatic rings. The van der Waals surface area contributed by atoms with E-state index < -0.39 is 10.5 Å². The molecule has 1 atom stereocenters. The summed E-state index contributed by atoms with van der Waals surface area (Å²) in [7, 11) is 1.72. The number of nitrogens with one attached hydrogen (secondary N) is 1. The van der Waals surface area contributed by atoms with E-state index in [1.54, 1.807) is 26.1 Å². The summed E-state index contributed by atoms with van der Waals surface area (Å²) in [5.74, 6) is 0.223. The molecule has 0 heterocycles. The first-order valence-corrected chi connectivity index (χ1v) is 6.88. The molecule has 0 aliphatic carbocycles. The summed E-state index contributed by atoms with van der Waals surface area (Å²) < 4.78 is 6.03. The molecule has 0 aliphatic rings. The monoisotopic (exact) mass is 341 g/mol. The molecule has 20 heavy (non-hydrogen) atoms. The number of para-hydroxylation sites is 1. The van der Waals surface area contributed by atoms with E-state index in [0.29, 0.717) is 23.9 Å². The van der Waals surface area contributed by atoms with Crippen molar-refractivity contribution in [1.82, 2.24) is 5.32 Å². The highest BCUT2D eigenvalue weighted by molar-refractivity contribution is 9.10. The predicted octanol–water partition coefficient (Wildman–Crippen LogP) is 3.02. The maximum Gasteiger partial charge on any atom is 0.312 e. The molecule has 0 saturated heterocycles. The average molecular weight is 342 g/mol. The normalized spacial score (nSPS) is 13.3. The smallest absolute Gasteiger partial charge is 0.312 e. The van der Waals surface area contributed by atoms with Crippen LogP contribution in [0.5, 0.6) is 5.75 Å². The van der Waals surface area contributed by atoms with Crippen molar-refractivity contribution in [2.75, 3.05) is 13.7 Å². The topological polar surface area (TPSA) is 88.2 Å². The lowest BCUT2D eigenvalue weighted by Gasteiger charge is -2.20. The van der Waals surface area contributed by atoms with E-state index in [9.17, 15) is 10.1 Å². The van der Waals surface area contributed by atoms with Gasteiger partial charge in [0.05, 0.1) is 22.1 Å². The van der Waals surface area contributed by atoms with Gasteiger partial charge in [-0.1, -0.05) is 6.07 Å². The summed E-state index contributed by atoms with van der Waals surface area (Å²) in [4.78, 5) is 10.4. The summed E-state index contributed by atoms with van der Waals surface area (Å²) in [6.45, 7) is 2.11. The van der Waals surface area contributed by atoms with Gasteiger partial charge >= 0.3 is 5.69 Å². The van der Waals surface area contributed by atoms with Gasteiger partial charge in [-0.2, -0.15) is 5.26 Å². The van der Waals surface area contributed by atoms with Crippen LogP contribution < -0.4 is 10.1 Å². The van der Waals surface area contributed by atoms with E-state index in [1.165, 1.54) is 6.07 Å². The fraction of sp³-hybridized carbons (Fsp3) is 0.462. The second kappa shape index (κ2) is 7.22. The third-order valence-corrected chi connectivity index (χ3v) is 3.63. The molecule has 0 bridgehead atoms. The standard InChI is InChI=1S/C13H16BrN3O3/c1-13(9-15,16-2)7-4-8-20-12-10(14)5-3-6-11(12)17(18)19/h3,5-6,16H,4,7-8H2,1-2H3. The number of hydrogen-bond acceptors (Lipinski definition) is 5. The lowest BCUT2D eigenvalue weighted by molar-refractivity contribution is -0.386. The Kier molecular flexibility index (Phi) is 5.92. The van der Waals surface area contributed by atoms with Gasteiger partial charge in [-0.05, 0) is 48.8 Å². The molecule has 0 radical (unpaired) electrons. The molecule has 108 valence electrons. The van der Waals surface area contributed by atoms with Crippen LogP contribution in [0.2, 0.25) is 0 Å². The molecule has 0 aliphatic heterocycles. The molecule has 7 heteroatoms. The number of halogens is 1. The Morgan fingerprint density at radius 3 is 2.85 bits per heavy atom. The minimum absolute atomic E-state index is 0.0731. The van der Waals surface area contributed by atoms with E-state index in [-0.39, 0.29) is 11.4 Å². The SMILES string of the molecule is CNC(C)(C#N)CCCOc1c(Br)cccc1[N+](=O)[O-]. The van der Waals surface area contributed by atoms with Crippen LogP contribution in [0, 0.1) is 21.4 Å². The lowest BCUT2D eigenvalue weighted by Crippen LogP contribution is -2.38. The van der Waals surface area contributed by atoms with Crippen LogP contribution in [0.1, 0.15) is 19.8 Å². The number of nitriles is 1. The first kappa shape index (κ1) is 16.4. The van der Waals surface area contributed by atoms with E-state index in [0.717, 1.165) is 0 Å². The van der Waals surface area contributed by atoms with Crippen LogP contribution in [0.4, 0.5) is 5.69 Å². The van der Waals surface area contributed by atoms with E-state index in [2.05, 4.69) is 27.3 Å². The molecule has 1 rings (SSSR count). The number of benzene rings is 1. The summed E-state index contributed by atoms with van der Waals surface area (Å²) in [5.41, 5.74) is -0.681. The molecule has 0 aromatic heterocycles. The van der Waals surface area contributed by atoms with Gasteiger partial charge in [0.2, 0.25) is 5.75 Å². The van der Waals surface area contributed by atoms with Crippen LogP contribution in [0.3, 0.4) is 0 Å². The number of nitrogens with zero attached hydrogens (tertiary/aromatic N) is 2. The summed E-state index contributed by atoms with van der Waals surface area (Å²) in [6.07, 6.45) is 1.21. The lowest BCUT2D eigenvalue weighted by atomic mass is 9.98. The largest absolute Gasteiger partial charge is 0.486 e. The zero-order valence-electron chi connectivity index (χ0n) is 11.4. The number of hydrogen-bond donors (Lipinski definition) is 1. The maximum atomic E-state index is 10.9. The van der Waals surface area contributed by atoms with Crippen LogP contribution in [-0.4, -0.2) is 24.1 Å². The van der Waals surface area contributed by atoms with Crippen molar-refractivity contribution < 1.29 is 9.66 Å². The Morgan fingerprint density at radius 1 is 1.60 bits per heavy atom. The Hall–Kier alpha value is -1.65. The molecule has 0 saturated carbocycles. The summed E-state index contributed by atoms with van der Waals surface area (Å²) in [6, 6.07) is 6.86. The first-order valence-electron chi connectivity index (χ1n) is 6.09. The Labute approximate surface area is 126 Å². The second-order valence-electron chi connectivity index (χ2n) is 4.49. The number of nitro groups is 1. The molecule has 1 N–H and O–H groups in total. The van der Waals surface area contributed by atoms with E-state index in [4.69, 9.17) is 10.00 Å². The van der Waals surface area contributed by atoms with Crippen molar-refractivity contribution in [3.8, 4) is 11.8 Å². The van der Waals surface area contributed by atoms with Gasteiger partial charge in [0.1, 0.15) is 5.54 Å². The van der Waals surface area contributed by atoms with Crippen LogP contribution >= 0.6 is 15.9 Å². The zero-order valence-corrected chi connectivity index (χ0v) is 12.9. The van der Waals surface area contributed by atoms with Gasteiger partial charge in [-0.15, -0.1) is 0 Å². The number of nitro benzene ring substituents is 1. The highest BCUT2D eigenvalue weighted by Crippen LogP contribution is 2.34. The summed E-state index contributed by atoms with van der Waals surface area (Å²) in [5, 5.41) is 22.9. The van der Waals surface area contributed by atoms with E-state index in [1.807, 2.05) is 0 Å². The van der Waals surface area contributed by atoms with Crippen LogP contribution in [-0.2, 0) is 0 Å². The van der Waals surface area contributed by atoms with Gasteiger partial charge in [0, 0.05) is 6.07 Å². The molecule has 0 spiro atoms. The maximum absolute atomic E-state index is 10.9. The van der Waals surface area contributed by atoms with Crippen molar-refractivity contribution in [2.45, 2.75) is 25.3 Å². The first-order chi connectivity index (χ1) is 9.43. The minimum atomic E-state index is -0.608. The summed E-state index contributed by atoms with van der Waals surface area (Å²) >= 11 is 3.24. The molecule has 1 aromatic carbocycles. The third kappa shape index (κ3) is 4.18. The fourth-order valence-electron chi connectivity index (χ4n) is 1.62. The van der Waals surface area contributed by atoms with Crippen LogP contribution in [0.15, 0.2) is 22.7 Å². The fourth-order valence-corrected chi connectivity index (χ4v) is 2.09. The molecular weight excluding hydrogens is 326 g/mol. The Bertz CT molecular complexity index is 530. The number of ether oxygens (including phenoxy) is 1. The molecular formula is C13H16BrN3O3. The average Bonchev–Trinajstić information content (AvgIpc) is 2.44. The van der Waals surface area contributed by atoms with Crippen LogP contribution in [0.25, 0.3) is 0 Å². The molecule has 0 amide bonds. The van der Waals surface area contributed by atoms with Crippen molar-refractivity contribution in [3.05, 3.63) is 32.8 Å². The van der Waals surface area contributed by atoms with Gasteiger partial charge in [-0.3, -0.25) is 10.1 Å². The highest BCUT2D eigenvalue weighted by atomic mass is 79.9. The quantitative estimate of drug-likeness (QED) is 0.467. The predicted molar refractivity (Wildman–Crippen MR) is 78.6 cm³/mol. The van der Waals surface area contributed by atoms with E-state index >= 15 is 0 Å². The second-order valence-corrected chi connectivity index (χ2v) is 5.35. The zero-order chi connectivity index (χ0) is 15.2. The Balaban J connectivity index is 2.64. The molecule has 1 unspecified atom stereocenters. The molecule has 0 fully saturated rings. The third-order valence-electron chi connectivity index (χ3n) is 3.01. The van der Waals surface area contributed by atoms with Crippen molar-refractivity contribution in [3.63, 3.8) is 0 Å². The number of rotatable bonds is 7. The van der Waals surface area contributed by atoms with Crippen molar-refractivity contribution >= 4 is 21.6 Å². The highest BCUT2D eigenvalue weighted by Gasteiger charge is 2.21. The molecule has 6 nitrogen and oxygen atoms in total. The van der Waals surface area contributed by atoms with Crippen molar-refractivity contribution in [2.24, 2.45) is 0 Å². The van der Waals surface area contributed by atoms with Gasteiger partial charge < -0.3 is 10.1 Å². The minimum Gasteiger partial charge on any atom is -0.486 e.